The van der Waals surface area contributed by atoms with Gasteiger partial charge in [0.1, 0.15) is 11.4 Å². The van der Waals surface area contributed by atoms with E-state index in [9.17, 15) is 4.79 Å². The van der Waals surface area contributed by atoms with E-state index in [1.807, 2.05) is 36.4 Å². The average molecular weight is 381 g/mol. The molecule has 1 saturated carbocycles. The summed E-state index contributed by atoms with van der Waals surface area (Å²) in [5, 5.41) is 0. The molecule has 0 amide bonds. The van der Waals surface area contributed by atoms with Crippen LogP contribution in [0.1, 0.15) is 34.3 Å². The number of benzene rings is 2. The highest BCUT2D eigenvalue weighted by Crippen LogP contribution is 2.40. The molecular weight excluding hydrogens is 354 g/mol. The summed E-state index contributed by atoms with van der Waals surface area (Å²) in [6.45, 7) is 3.52. The highest BCUT2D eigenvalue weighted by Gasteiger charge is 2.41. The quantitative estimate of drug-likeness (QED) is 0.717. The van der Waals surface area contributed by atoms with Gasteiger partial charge >= 0.3 is 5.97 Å². The fraction of sp³-hybridized carbons (Fsp3) is 0.435. The maximum Gasteiger partial charge on any atom is 0.337 e. The van der Waals surface area contributed by atoms with Crippen LogP contribution in [0.2, 0.25) is 0 Å². The summed E-state index contributed by atoms with van der Waals surface area (Å²) in [6.07, 6.45) is 2.66. The molecule has 1 atom stereocenters. The molecule has 1 aliphatic heterocycles. The summed E-state index contributed by atoms with van der Waals surface area (Å²) in [5.41, 5.74) is 2.06. The number of hydrogen-bond acceptors (Lipinski definition) is 5. The van der Waals surface area contributed by atoms with Crippen LogP contribution < -0.4 is 4.74 Å². The molecule has 2 fully saturated rings. The molecule has 5 nitrogen and oxygen atoms in total. The van der Waals surface area contributed by atoms with E-state index in [2.05, 4.69) is 17.0 Å². The molecule has 0 aromatic heterocycles. The molecule has 1 saturated heterocycles. The Balaban J connectivity index is 1.73. The second kappa shape index (κ2) is 7.94. The number of morpholine rings is 1. The van der Waals surface area contributed by atoms with Crippen molar-refractivity contribution in [1.82, 2.24) is 4.90 Å². The third-order valence-corrected chi connectivity index (χ3v) is 5.72. The third kappa shape index (κ3) is 3.77. The highest BCUT2D eigenvalue weighted by molar-refractivity contribution is 5.89. The van der Waals surface area contributed by atoms with Gasteiger partial charge < -0.3 is 14.2 Å². The van der Waals surface area contributed by atoms with Gasteiger partial charge in [0.15, 0.2) is 0 Å². The second-order valence-corrected chi connectivity index (χ2v) is 7.65. The molecule has 2 aliphatic rings. The van der Waals surface area contributed by atoms with Gasteiger partial charge in [-0.05, 0) is 54.2 Å². The molecule has 1 heterocycles. The lowest BCUT2D eigenvalue weighted by Crippen LogP contribution is -2.51. The first-order valence-electron chi connectivity index (χ1n) is 9.84. The summed E-state index contributed by atoms with van der Waals surface area (Å²) in [7, 11) is 3.08. The summed E-state index contributed by atoms with van der Waals surface area (Å²) in [5.74, 6) is 1.30. The minimum absolute atomic E-state index is 0.332. The van der Waals surface area contributed by atoms with Crippen molar-refractivity contribution in [3.63, 3.8) is 0 Å². The van der Waals surface area contributed by atoms with Gasteiger partial charge in [0.2, 0.25) is 0 Å². The Labute approximate surface area is 166 Å². The lowest BCUT2D eigenvalue weighted by Gasteiger charge is -2.44. The topological polar surface area (TPSA) is 48.0 Å². The maximum absolute atomic E-state index is 11.8. The van der Waals surface area contributed by atoms with E-state index in [0.29, 0.717) is 12.2 Å². The Morgan fingerprint density at radius 1 is 1.14 bits per heavy atom. The van der Waals surface area contributed by atoms with Gasteiger partial charge in [-0.2, -0.15) is 0 Å². The monoisotopic (exact) mass is 381 g/mol. The van der Waals surface area contributed by atoms with Gasteiger partial charge in [-0.3, -0.25) is 4.90 Å². The Kier molecular flexibility index (Phi) is 5.38. The number of carbonyl (C=O) groups is 1. The number of nitrogens with zero attached hydrogens (tertiary/aromatic N) is 1. The SMILES string of the molecule is COC(=O)c1ccc(C2(c3cccc(OC)c3)CN(CC3CC3)CCO2)cc1. The van der Waals surface area contributed by atoms with Gasteiger partial charge in [0.25, 0.3) is 0 Å². The zero-order valence-electron chi connectivity index (χ0n) is 16.5. The van der Waals surface area contributed by atoms with Crippen LogP contribution >= 0.6 is 0 Å². The Hall–Kier alpha value is -2.37. The van der Waals surface area contributed by atoms with Crippen molar-refractivity contribution in [1.29, 1.82) is 0 Å². The lowest BCUT2D eigenvalue weighted by molar-refractivity contribution is -0.0893. The number of rotatable bonds is 6. The molecule has 0 N–H and O–H groups in total. The maximum atomic E-state index is 11.8. The molecule has 0 spiro atoms. The van der Waals surface area contributed by atoms with Crippen LogP contribution in [-0.2, 0) is 15.1 Å². The van der Waals surface area contributed by atoms with Crippen LogP contribution in [0.5, 0.6) is 5.75 Å². The van der Waals surface area contributed by atoms with Crippen LogP contribution in [0.3, 0.4) is 0 Å². The van der Waals surface area contributed by atoms with Crippen LogP contribution in [0.4, 0.5) is 0 Å². The highest BCUT2D eigenvalue weighted by atomic mass is 16.5. The summed E-state index contributed by atoms with van der Waals surface area (Å²) in [4.78, 5) is 14.3. The van der Waals surface area contributed by atoms with Gasteiger partial charge in [-0.1, -0.05) is 24.3 Å². The van der Waals surface area contributed by atoms with Crippen molar-refractivity contribution in [3.8, 4) is 5.75 Å². The van der Waals surface area contributed by atoms with Crippen LogP contribution in [0.25, 0.3) is 0 Å². The fourth-order valence-electron chi connectivity index (χ4n) is 3.99. The van der Waals surface area contributed by atoms with Crippen LogP contribution in [0.15, 0.2) is 48.5 Å². The van der Waals surface area contributed by atoms with Gasteiger partial charge in [0.05, 0.1) is 26.4 Å². The van der Waals surface area contributed by atoms with E-state index in [1.54, 1.807) is 7.11 Å². The van der Waals surface area contributed by atoms with Crippen molar-refractivity contribution in [2.45, 2.75) is 18.4 Å². The molecule has 148 valence electrons. The predicted molar refractivity (Wildman–Crippen MR) is 107 cm³/mol. The molecule has 2 aromatic rings. The smallest absolute Gasteiger partial charge is 0.337 e. The van der Waals surface area contributed by atoms with Crippen LogP contribution in [-0.4, -0.2) is 51.3 Å². The van der Waals surface area contributed by atoms with Crippen molar-refractivity contribution in [3.05, 3.63) is 65.2 Å². The minimum atomic E-state index is -0.587. The molecule has 28 heavy (non-hydrogen) atoms. The largest absolute Gasteiger partial charge is 0.497 e. The minimum Gasteiger partial charge on any atom is -0.497 e. The number of ether oxygens (including phenoxy) is 3. The average Bonchev–Trinajstić information content (AvgIpc) is 3.57. The first-order chi connectivity index (χ1) is 13.6. The number of carbonyl (C=O) groups excluding carboxylic acids is 1. The van der Waals surface area contributed by atoms with Crippen molar-refractivity contribution in [2.24, 2.45) is 5.92 Å². The van der Waals surface area contributed by atoms with Crippen molar-refractivity contribution in [2.75, 3.05) is 40.5 Å². The normalized spacial score (nSPS) is 22.6. The molecule has 4 rings (SSSR count). The lowest BCUT2D eigenvalue weighted by atomic mass is 9.84. The van der Waals surface area contributed by atoms with E-state index in [1.165, 1.54) is 20.0 Å². The first kappa shape index (κ1) is 19.0. The number of hydrogen-bond donors (Lipinski definition) is 0. The number of methoxy groups -OCH3 is 2. The molecule has 0 radical (unpaired) electrons. The molecule has 5 heteroatoms. The predicted octanol–water partition coefficient (Wildman–Crippen LogP) is 3.47. The van der Waals surface area contributed by atoms with E-state index in [-0.39, 0.29) is 5.97 Å². The zero-order valence-corrected chi connectivity index (χ0v) is 16.5. The fourth-order valence-corrected chi connectivity index (χ4v) is 3.99. The Morgan fingerprint density at radius 3 is 2.61 bits per heavy atom. The summed E-state index contributed by atoms with van der Waals surface area (Å²) >= 11 is 0. The van der Waals surface area contributed by atoms with Gasteiger partial charge in [0, 0.05) is 19.6 Å². The van der Waals surface area contributed by atoms with Crippen LogP contribution in [0, 0.1) is 5.92 Å². The van der Waals surface area contributed by atoms with E-state index in [0.717, 1.165) is 42.4 Å². The van der Waals surface area contributed by atoms with E-state index < -0.39 is 5.60 Å². The summed E-state index contributed by atoms with van der Waals surface area (Å²) in [6, 6.07) is 15.7. The Morgan fingerprint density at radius 2 is 1.93 bits per heavy atom. The number of esters is 1. The first-order valence-corrected chi connectivity index (χ1v) is 9.84. The van der Waals surface area contributed by atoms with Crippen molar-refractivity contribution >= 4 is 5.97 Å². The molecule has 1 unspecified atom stereocenters. The van der Waals surface area contributed by atoms with E-state index >= 15 is 0 Å². The molecule has 1 aliphatic carbocycles. The molecular formula is C23H27NO4. The van der Waals surface area contributed by atoms with Gasteiger partial charge in [-0.15, -0.1) is 0 Å². The van der Waals surface area contributed by atoms with E-state index in [4.69, 9.17) is 14.2 Å². The molecule has 2 aromatic carbocycles. The molecule has 0 bridgehead atoms. The summed E-state index contributed by atoms with van der Waals surface area (Å²) < 4.78 is 16.8. The van der Waals surface area contributed by atoms with Crippen molar-refractivity contribution < 1.29 is 19.0 Å². The Bertz CT molecular complexity index is 831. The standard InChI is InChI=1S/C23H27NO4/c1-26-21-5-3-4-20(14-21)23(16-24(12-13-28-23)15-17-6-7-17)19-10-8-18(9-11-19)22(25)27-2/h3-5,8-11,14,17H,6-7,12-13,15-16H2,1-2H3. The third-order valence-electron chi connectivity index (χ3n) is 5.72. The second-order valence-electron chi connectivity index (χ2n) is 7.65. The zero-order chi connectivity index (χ0) is 19.6. The van der Waals surface area contributed by atoms with Gasteiger partial charge in [-0.25, -0.2) is 4.79 Å².